The zero-order valence-corrected chi connectivity index (χ0v) is 11.1. The van der Waals surface area contributed by atoms with Crippen molar-refractivity contribution in [3.8, 4) is 0 Å². The first kappa shape index (κ1) is 15.1. The quantitative estimate of drug-likeness (QED) is 0.821. The fourth-order valence-corrected chi connectivity index (χ4v) is 2.07. The third kappa shape index (κ3) is 5.10. The van der Waals surface area contributed by atoms with Crippen LogP contribution in [0.2, 0.25) is 0 Å². The van der Waals surface area contributed by atoms with Gasteiger partial charge >= 0.3 is 0 Å². The molecule has 0 radical (unpaired) electrons. The third-order valence-corrected chi connectivity index (χ3v) is 2.78. The van der Waals surface area contributed by atoms with Crippen LogP contribution in [-0.4, -0.2) is 17.8 Å². The van der Waals surface area contributed by atoms with Crippen LogP contribution in [0.15, 0.2) is 18.2 Å². The standard InChI is InChI=1S/C14H21F2NO/c1-10(18)7-14(2,3)9-17-8-11-4-5-12(15)6-13(11)16/h4-6,10,17-18H,7-9H2,1-3H3. The monoisotopic (exact) mass is 257 g/mol. The van der Waals surface area contributed by atoms with E-state index in [1.807, 2.05) is 13.8 Å². The van der Waals surface area contributed by atoms with Gasteiger partial charge in [0.05, 0.1) is 6.10 Å². The van der Waals surface area contributed by atoms with Crippen LogP contribution in [0, 0.1) is 17.0 Å². The van der Waals surface area contributed by atoms with Gasteiger partial charge in [0.25, 0.3) is 0 Å². The fourth-order valence-electron chi connectivity index (χ4n) is 2.07. The topological polar surface area (TPSA) is 32.3 Å². The van der Waals surface area contributed by atoms with Crippen LogP contribution in [0.4, 0.5) is 8.78 Å². The first-order chi connectivity index (χ1) is 8.30. The minimum Gasteiger partial charge on any atom is -0.393 e. The predicted molar refractivity (Wildman–Crippen MR) is 68.1 cm³/mol. The summed E-state index contributed by atoms with van der Waals surface area (Å²) in [5.74, 6) is -1.10. The van der Waals surface area contributed by atoms with Gasteiger partial charge in [-0.3, -0.25) is 0 Å². The molecule has 0 aliphatic carbocycles. The second-order valence-corrected chi connectivity index (χ2v) is 5.56. The molecule has 102 valence electrons. The van der Waals surface area contributed by atoms with E-state index in [1.165, 1.54) is 12.1 Å². The van der Waals surface area contributed by atoms with E-state index in [0.717, 1.165) is 6.07 Å². The Morgan fingerprint density at radius 1 is 1.33 bits per heavy atom. The highest BCUT2D eigenvalue weighted by Gasteiger charge is 2.19. The van der Waals surface area contributed by atoms with E-state index in [2.05, 4.69) is 5.32 Å². The van der Waals surface area contributed by atoms with E-state index in [9.17, 15) is 13.9 Å². The van der Waals surface area contributed by atoms with Crippen molar-refractivity contribution in [3.05, 3.63) is 35.4 Å². The van der Waals surface area contributed by atoms with Gasteiger partial charge in [-0.25, -0.2) is 8.78 Å². The van der Waals surface area contributed by atoms with Crippen molar-refractivity contribution in [2.75, 3.05) is 6.54 Å². The molecule has 0 fully saturated rings. The van der Waals surface area contributed by atoms with Gasteiger partial charge in [-0.05, 0) is 24.8 Å². The lowest BCUT2D eigenvalue weighted by Gasteiger charge is -2.26. The van der Waals surface area contributed by atoms with Gasteiger partial charge in [-0.2, -0.15) is 0 Å². The van der Waals surface area contributed by atoms with Crippen molar-refractivity contribution < 1.29 is 13.9 Å². The molecule has 0 heterocycles. The summed E-state index contributed by atoms with van der Waals surface area (Å²) in [7, 11) is 0. The molecule has 0 spiro atoms. The van der Waals surface area contributed by atoms with Crippen LogP contribution in [-0.2, 0) is 6.54 Å². The summed E-state index contributed by atoms with van der Waals surface area (Å²) in [4.78, 5) is 0. The molecule has 2 N–H and O–H groups in total. The highest BCUT2D eigenvalue weighted by molar-refractivity contribution is 5.18. The lowest BCUT2D eigenvalue weighted by molar-refractivity contribution is 0.128. The molecule has 0 saturated carbocycles. The lowest BCUT2D eigenvalue weighted by Crippen LogP contribution is -2.31. The van der Waals surface area contributed by atoms with Crippen molar-refractivity contribution in [1.29, 1.82) is 0 Å². The Morgan fingerprint density at radius 3 is 2.56 bits per heavy atom. The summed E-state index contributed by atoms with van der Waals surface area (Å²) in [6, 6.07) is 3.58. The smallest absolute Gasteiger partial charge is 0.130 e. The Labute approximate surface area is 107 Å². The molecule has 1 aromatic rings. The molecule has 1 rings (SSSR count). The van der Waals surface area contributed by atoms with E-state index in [1.54, 1.807) is 6.92 Å². The van der Waals surface area contributed by atoms with Gasteiger partial charge in [0, 0.05) is 24.7 Å². The second-order valence-electron chi connectivity index (χ2n) is 5.56. The summed E-state index contributed by atoms with van der Waals surface area (Å²) in [5, 5.41) is 12.5. The summed E-state index contributed by atoms with van der Waals surface area (Å²) in [6.45, 7) is 6.84. The third-order valence-electron chi connectivity index (χ3n) is 2.78. The average molecular weight is 257 g/mol. The SMILES string of the molecule is CC(O)CC(C)(C)CNCc1ccc(F)cc1F. The number of aliphatic hydroxyl groups excluding tert-OH is 1. The Balaban J connectivity index is 2.46. The summed E-state index contributed by atoms with van der Waals surface area (Å²) in [6.07, 6.45) is 0.315. The van der Waals surface area contributed by atoms with Crippen LogP contribution in [0.25, 0.3) is 0 Å². The van der Waals surface area contributed by atoms with Crippen LogP contribution in [0.3, 0.4) is 0 Å². The van der Waals surface area contributed by atoms with E-state index in [0.29, 0.717) is 25.1 Å². The van der Waals surface area contributed by atoms with Crippen LogP contribution in [0.1, 0.15) is 32.8 Å². The molecule has 0 bridgehead atoms. The molecule has 0 amide bonds. The molecule has 0 aliphatic heterocycles. The molecule has 0 saturated heterocycles. The highest BCUT2D eigenvalue weighted by atomic mass is 19.1. The van der Waals surface area contributed by atoms with E-state index in [-0.39, 0.29) is 11.5 Å². The first-order valence-electron chi connectivity index (χ1n) is 6.13. The number of hydrogen-bond donors (Lipinski definition) is 2. The maximum Gasteiger partial charge on any atom is 0.130 e. The van der Waals surface area contributed by atoms with Gasteiger partial charge < -0.3 is 10.4 Å². The number of aliphatic hydroxyl groups is 1. The zero-order chi connectivity index (χ0) is 13.8. The number of rotatable bonds is 6. The van der Waals surface area contributed by atoms with Crippen LogP contribution >= 0.6 is 0 Å². The molecule has 4 heteroatoms. The maximum atomic E-state index is 13.4. The Kier molecular flexibility index (Phi) is 5.23. The number of hydrogen-bond acceptors (Lipinski definition) is 2. The van der Waals surface area contributed by atoms with E-state index >= 15 is 0 Å². The molecule has 0 aromatic heterocycles. The molecular weight excluding hydrogens is 236 g/mol. The van der Waals surface area contributed by atoms with E-state index in [4.69, 9.17) is 0 Å². The van der Waals surface area contributed by atoms with Crippen LogP contribution in [0.5, 0.6) is 0 Å². The summed E-state index contributed by atoms with van der Waals surface area (Å²) < 4.78 is 26.1. The lowest BCUT2D eigenvalue weighted by atomic mass is 9.87. The van der Waals surface area contributed by atoms with Crippen LogP contribution < -0.4 is 5.32 Å². The molecule has 0 aliphatic rings. The molecular formula is C14H21F2NO. The van der Waals surface area contributed by atoms with Crippen molar-refractivity contribution in [1.82, 2.24) is 5.32 Å². The number of nitrogens with one attached hydrogen (secondary N) is 1. The Morgan fingerprint density at radius 2 is 2.00 bits per heavy atom. The predicted octanol–water partition coefficient (Wildman–Crippen LogP) is 2.85. The average Bonchev–Trinajstić information content (AvgIpc) is 2.19. The van der Waals surface area contributed by atoms with Crippen molar-refractivity contribution in [2.24, 2.45) is 5.41 Å². The molecule has 18 heavy (non-hydrogen) atoms. The molecule has 2 nitrogen and oxygen atoms in total. The van der Waals surface area contributed by atoms with Gasteiger partial charge in [-0.1, -0.05) is 19.9 Å². The van der Waals surface area contributed by atoms with Crippen molar-refractivity contribution in [3.63, 3.8) is 0 Å². The minimum absolute atomic E-state index is 0.0648. The number of benzene rings is 1. The molecule has 1 unspecified atom stereocenters. The normalized spacial score (nSPS) is 13.7. The van der Waals surface area contributed by atoms with Gasteiger partial charge in [0.1, 0.15) is 11.6 Å². The Hall–Kier alpha value is -1.00. The maximum absolute atomic E-state index is 13.4. The first-order valence-corrected chi connectivity index (χ1v) is 6.13. The molecule has 1 atom stereocenters. The Bertz CT molecular complexity index is 391. The van der Waals surface area contributed by atoms with Crippen molar-refractivity contribution >= 4 is 0 Å². The number of halogens is 2. The van der Waals surface area contributed by atoms with Gasteiger partial charge in [0.15, 0.2) is 0 Å². The van der Waals surface area contributed by atoms with E-state index < -0.39 is 11.6 Å². The van der Waals surface area contributed by atoms with Gasteiger partial charge in [-0.15, -0.1) is 0 Å². The zero-order valence-electron chi connectivity index (χ0n) is 11.1. The fraction of sp³-hybridized carbons (Fsp3) is 0.571. The largest absolute Gasteiger partial charge is 0.393 e. The minimum atomic E-state index is -0.564. The molecule has 1 aromatic carbocycles. The van der Waals surface area contributed by atoms with Crippen molar-refractivity contribution in [2.45, 2.75) is 39.8 Å². The summed E-state index contributed by atoms with van der Waals surface area (Å²) >= 11 is 0. The van der Waals surface area contributed by atoms with Gasteiger partial charge in [0.2, 0.25) is 0 Å². The highest BCUT2D eigenvalue weighted by Crippen LogP contribution is 2.21. The second kappa shape index (κ2) is 6.25. The summed E-state index contributed by atoms with van der Waals surface area (Å²) in [5.41, 5.74) is 0.384.